The van der Waals surface area contributed by atoms with Gasteiger partial charge in [-0.15, -0.1) is 0 Å². The van der Waals surface area contributed by atoms with Crippen molar-refractivity contribution in [1.29, 1.82) is 0 Å². The van der Waals surface area contributed by atoms with Gasteiger partial charge in [0.25, 0.3) is 0 Å². The fourth-order valence-corrected chi connectivity index (χ4v) is 2.29. The molecule has 0 aromatic carbocycles. The lowest BCUT2D eigenvalue weighted by Crippen LogP contribution is -2.43. The molecule has 0 radical (unpaired) electrons. The van der Waals surface area contributed by atoms with Crippen LogP contribution in [0.4, 0.5) is 0 Å². The first-order valence-electron chi connectivity index (χ1n) is 5.16. The van der Waals surface area contributed by atoms with Gasteiger partial charge in [0.2, 0.25) is 5.91 Å². The second-order valence-electron chi connectivity index (χ2n) is 4.07. The van der Waals surface area contributed by atoms with Gasteiger partial charge in [-0.25, -0.2) is 0 Å². The Kier molecular flexibility index (Phi) is 3.02. The zero-order valence-corrected chi connectivity index (χ0v) is 8.64. The SMILES string of the molecule is CC(=O)NC1COC2C(CC=O)COC12. The lowest BCUT2D eigenvalue weighted by molar-refractivity contribution is -0.120. The Morgan fingerprint density at radius 1 is 1.40 bits per heavy atom. The topological polar surface area (TPSA) is 64.6 Å². The predicted octanol–water partition coefficient (Wildman–Crippen LogP) is -0.506. The molecule has 4 unspecified atom stereocenters. The van der Waals surface area contributed by atoms with Crippen LogP contribution in [0.2, 0.25) is 0 Å². The van der Waals surface area contributed by atoms with Gasteiger partial charge in [-0.2, -0.15) is 0 Å². The van der Waals surface area contributed by atoms with Gasteiger partial charge in [-0.3, -0.25) is 4.79 Å². The molecular weight excluding hydrogens is 198 g/mol. The van der Waals surface area contributed by atoms with E-state index < -0.39 is 0 Å². The van der Waals surface area contributed by atoms with E-state index in [2.05, 4.69) is 5.32 Å². The maximum atomic E-state index is 10.9. The van der Waals surface area contributed by atoms with E-state index in [1.165, 1.54) is 6.92 Å². The molecule has 15 heavy (non-hydrogen) atoms. The molecule has 4 atom stereocenters. The quantitative estimate of drug-likeness (QED) is 0.641. The summed E-state index contributed by atoms with van der Waals surface area (Å²) in [7, 11) is 0. The Morgan fingerprint density at radius 3 is 2.80 bits per heavy atom. The van der Waals surface area contributed by atoms with Gasteiger partial charge in [0, 0.05) is 19.3 Å². The lowest BCUT2D eigenvalue weighted by Gasteiger charge is -2.16. The highest BCUT2D eigenvalue weighted by Gasteiger charge is 2.47. The molecule has 84 valence electrons. The summed E-state index contributed by atoms with van der Waals surface area (Å²) < 4.78 is 11.1. The van der Waals surface area contributed by atoms with E-state index in [4.69, 9.17) is 9.47 Å². The van der Waals surface area contributed by atoms with Crippen LogP contribution in [-0.4, -0.2) is 43.7 Å². The fourth-order valence-electron chi connectivity index (χ4n) is 2.29. The highest BCUT2D eigenvalue weighted by atomic mass is 16.6. The van der Waals surface area contributed by atoms with Gasteiger partial charge < -0.3 is 19.6 Å². The molecule has 0 bridgehead atoms. The normalized spacial score (nSPS) is 38.7. The van der Waals surface area contributed by atoms with E-state index >= 15 is 0 Å². The van der Waals surface area contributed by atoms with Crippen LogP contribution < -0.4 is 5.32 Å². The van der Waals surface area contributed by atoms with Crippen molar-refractivity contribution in [2.45, 2.75) is 31.6 Å². The van der Waals surface area contributed by atoms with Crippen LogP contribution in [0, 0.1) is 5.92 Å². The molecule has 2 rings (SSSR count). The first kappa shape index (κ1) is 10.6. The van der Waals surface area contributed by atoms with Gasteiger partial charge in [-0.1, -0.05) is 0 Å². The van der Waals surface area contributed by atoms with Crippen molar-refractivity contribution in [3.05, 3.63) is 0 Å². The third-order valence-corrected chi connectivity index (χ3v) is 2.94. The number of hydrogen-bond donors (Lipinski definition) is 1. The minimum Gasteiger partial charge on any atom is -0.373 e. The monoisotopic (exact) mass is 213 g/mol. The molecular formula is C10H15NO4. The van der Waals surface area contributed by atoms with E-state index in [0.29, 0.717) is 19.6 Å². The molecule has 2 aliphatic heterocycles. The van der Waals surface area contributed by atoms with Gasteiger partial charge in [-0.05, 0) is 0 Å². The van der Waals surface area contributed by atoms with Gasteiger partial charge in [0.15, 0.2) is 0 Å². The van der Waals surface area contributed by atoms with Gasteiger partial charge >= 0.3 is 0 Å². The van der Waals surface area contributed by atoms with Crippen LogP contribution in [-0.2, 0) is 19.1 Å². The number of amides is 1. The molecule has 2 saturated heterocycles. The third-order valence-electron chi connectivity index (χ3n) is 2.94. The summed E-state index contributed by atoms with van der Waals surface area (Å²) in [4.78, 5) is 21.3. The van der Waals surface area contributed by atoms with Crippen LogP contribution in [0.5, 0.6) is 0 Å². The summed E-state index contributed by atoms with van der Waals surface area (Å²) in [6.45, 7) is 2.50. The van der Waals surface area contributed by atoms with Crippen molar-refractivity contribution < 1.29 is 19.1 Å². The zero-order valence-electron chi connectivity index (χ0n) is 8.64. The minimum absolute atomic E-state index is 0.0351. The summed E-state index contributed by atoms with van der Waals surface area (Å²) in [5.74, 6) is 0.0675. The molecule has 2 fully saturated rings. The molecule has 0 spiro atoms. The molecule has 0 saturated carbocycles. The maximum absolute atomic E-state index is 10.9. The first-order chi connectivity index (χ1) is 7.22. The van der Waals surface area contributed by atoms with E-state index in [0.717, 1.165) is 6.29 Å². The van der Waals surface area contributed by atoms with Crippen molar-refractivity contribution in [3.63, 3.8) is 0 Å². The number of carbonyl (C=O) groups excluding carboxylic acids is 2. The molecule has 1 amide bonds. The Balaban J connectivity index is 1.95. The fraction of sp³-hybridized carbons (Fsp3) is 0.800. The molecule has 0 aliphatic carbocycles. The van der Waals surface area contributed by atoms with Crippen LogP contribution >= 0.6 is 0 Å². The van der Waals surface area contributed by atoms with Gasteiger partial charge in [0.1, 0.15) is 12.4 Å². The Bertz CT molecular complexity index is 268. The molecule has 0 aromatic heterocycles. The Labute approximate surface area is 88.1 Å². The molecule has 5 nitrogen and oxygen atoms in total. The number of fused-ring (bicyclic) bond motifs is 1. The summed E-state index contributed by atoms with van der Waals surface area (Å²) in [5.41, 5.74) is 0. The summed E-state index contributed by atoms with van der Waals surface area (Å²) in [5, 5.41) is 2.80. The van der Waals surface area contributed by atoms with Crippen molar-refractivity contribution in [3.8, 4) is 0 Å². The first-order valence-corrected chi connectivity index (χ1v) is 5.16. The average Bonchev–Trinajstić information content (AvgIpc) is 2.71. The number of aldehydes is 1. The number of carbonyl (C=O) groups is 2. The zero-order chi connectivity index (χ0) is 10.8. The number of rotatable bonds is 3. The molecule has 2 aliphatic rings. The van der Waals surface area contributed by atoms with Crippen molar-refractivity contribution >= 4 is 12.2 Å². The number of nitrogens with one attached hydrogen (secondary N) is 1. The summed E-state index contributed by atoms with van der Waals surface area (Å²) in [6.07, 6.45) is 1.24. The summed E-state index contributed by atoms with van der Waals surface area (Å²) >= 11 is 0. The minimum atomic E-state index is -0.0844. The number of hydrogen-bond acceptors (Lipinski definition) is 4. The molecule has 1 N–H and O–H groups in total. The van der Waals surface area contributed by atoms with Crippen LogP contribution in [0.15, 0.2) is 0 Å². The Hall–Kier alpha value is -0.940. The van der Waals surface area contributed by atoms with Crippen LogP contribution in [0.25, 0.3) is 0 Å². The van der Waals surface area contributed by atoms with Crippen LogP contribution in [0.1, 0.15) is 13.3 Å². The largest absolute Gasteiger partial charge is 0.373 e. The van der Waals surface area contributed by atoms with Crippen molar-refractivity contribution in [2.75, 3.05) is 13.2 Å². The third kappa shape index (κ3) is 2.03. The van der Waals surface area contributed by atoms with E-state index in [1.807, 2.05) is 0 Å². The highest BCUT2D eigenvalue weighted by molar-refractivity contribution is 5.73. The second-order valence-corrected chi connectivity index (χ2v) is 4.07. The van der Waals surface area contributed by atoms with Crippen molar-refractivity contribution in [2.24, 2.45) is 5.92 Å². The molecule has 0 aromatic rings. The van der Waals surface area contributed by atoms with E-state index in [-0.39, 0.29) is 30.1 Å². The maximum Gasteiger partial charge on any atom is 0.217 e. The average molecular weight is 213 g/mol. The summed E-state index contributed by atoms with van der Waals surface area (Å²) in [6, 6.07) is -0.0656. The smallest absolute Gasteiger partial charge is 0.217 e. The standard InChI is InChI=1S/C10H15NO4/c1-6(13)11-8-5-15-9-7(2-3-12)4-14-10(8)9/h3,7-10H,2,4-5H2,1H3,(H,11,13). The second kappa shape index (κ2) is 4.28. The lowest BCUT2D eigenvalue weighted by atomic mass is 9.98. The van der Waals surface area contributed by atoms with Crippen LogP contribution in [0.3, 0.4) is 0 Å². The van der Waals surface area contributed by atoms with Gasteiger partial charge in [0.05, 0.1) is 25.4 Å². The number of ether oxygens (including phenoxy) is 2. The molecule has 5 heteroatoms. The Morgan fingerprint density at radius 2 is 2.13 bits per heavy atom. The highest BCUT2D eigenvalue weighted by Crippen LogP contribution is 2.32. The van der Waals surface area contributed by atoms with E-state index in [1.54, 1.807) is 0 Å². The molecule has 2 heterocycles. The van der Waals surface area contributed by atoms with Crippen molar-refractivity contribution in [1.82, 2.24) is 5.32 Å². The van der Waals surface area contributed by atoms with E-state index in [9.17, 15) is 9.59 Å². The predicted molar refractivity (Wildman–Crippen MR) is 51.3 cm³/mol.